The predicted molar refractivity (Wildman–Crippen MR) is 113 cm³/mol. The van der Waals surface area contributed by atoms with Crippen LogP contribution in [0.1, 0.15) is 30.8 Å². The van der Waals surface area contributed by atoms with Gasteiger partial charge in [0.05, 0.1) is 23.0 Å². The highest BCUT2D eigenvalue weighted by Crippen LogP contribution is 2.32. The number of ether oxygens (including phenoxy) is 1. The van der Waals surface area contributed by atoms with E-state index in [0.29, 0.717) is 21.5 Å². The Morgan fingerprint density at radius 3 is 2.64 bits per heavy atom. The summed E-state index contributed by atoms with van der Waals surface area (Å²) >= 11 is 12.5. The summed E-state index contributed by atoms with van der Waals surface area (Å²) < 4.78 is 6.98. The van der Waals surface area contributed by atoms with Crippen LogP contribution in [-0.2, 0) is 9.53 Å². The van der Waals surface area contributed by atoms with Gasteiger partial charge < -0.3 is 14.4 Å². The number of rotatable bonds is 4. The van der Waals surface area contributed by atoms with Crippen molar-refractivity contribution in [3.63, 3.8) is 0 Å². The Morgan fingerprint density at radius 1 is 1.25 bits per heavy atom. The molecule has 7 heteroatoms. The van der Waals surface area contributed by atoms with Crippen molar-refractivity contribution in [1.82, 2.24) is 4.57 Å². The number of aliphatic hydroxyl groups excluding tert-OH is 1. The van der Waals surface area contributed by atoms with Gasteiger partial charge in [-0.25, -0.2) is 9.79 Å². The van der Waals surface area contributed by atoms with Gasteiger partial charge in [0, 0.05) is 16.4 Å². The van der Waals surface area contributed by atoms with E-state index in [2.05, 4.69) is 4.99 Å². The third-order valence-electron chi connectivity index (χ3n) is 4.52. The number of aliphatic imine (C=N–C) groups is 1. The molecule has 1 aliphatic heterocycles. The lowest BCUT2D eigenvalue weighted by molar-refractivity contribution is -0.138. The zero-order chi connectivity index (χ0) is 20.6. The highest BCUT2D eigenvalue weighted by molar-refractivity contribution is 6.34. The van der Waals surface area contributed by atoms with Crippen LogP contribution >= 0.6 is 23.2 Å². The van der Waals surface area contributed by atoms with E-state index in [1.54, 1.807) is 38.1 Å². The van der Waals surface area contributed by atoms with E-state index >= 15 is 0 Å². The van der Waals surface area contributed by atoms with E-state index in [0.717, 1.165) is 22.6 Å². The molecule has 3 rings (SSSR count). The van der Waals surface area contributed by atoms with Crippen LogP contribution in [0.15, 0.2) is 46.3 Å². The molecule has 28 heavy (non-hydrogen) atoms. The van der Waals surface area contributed by atoms with Crippen LogP contribution < -0.4 is 0 Å². The summed E-state index contributed by atoms with van der Waals surface area (Å²) in [7, 11) is 0. The zero-order valence-electron chi connectivity index (χ0n) is 16.0. The van der Waals surface area contributed by atoms with Gasteiger partial charge in [-0.15, -0.1) is 0 Å². The van der Waals surface area contributed by atoms with E-state index in [4.69, 9.17) is 27.9 Å². The third kappa shape index (κ3) is 3.60. The van der Waals surface area contributed by atoms with E-state index in [9.17, 15) is 9.90 Å². The molecule has 0 saturated heterocycles. The van der Waals surface area contributed by atoms with Gasteiger partial charge in [-0.2, -0.15) is 0 Å². The summed E-state index contributed by atoms with van der Waals surface area (Å²) in [5.74, 6) is -0.762. The first-order valence-corrected chi connectivity index (χ1v) is 9.52. The Morgan fingerprint density at radius 2 is 1.96 bits per heavy atom. The van der Waals surface area contributed by atoms with Crippen LogP contribution in [-0.4, -0.2) is 28.0 Å². The fraction of sp³-hybridized carbons (Fsp3) is 0.238. The van der Waals surface area contributed by atoms with Gasteiger partial charge in [0.15, 0.2) is 5.76 Å². The molecule has 0 unspecified atom stereocenters. The molecule has 2 aromatic rings. The van der Waals surface area contributed by atoms with Crippen molar-refractivity contribution in [2.45, 2.75) is 27.7 Å². The summed E-state index contributed by atoms with van der Waals surface area (Å²) in [6, 6.07) is 7.25. The lowest BCUT2D eigenvalue weighted by Crippen LogP contribution is -2.13. The Labute approximate surface area is 173 Å². The molecule has 146 valence electrons. The number of halogens is 2. The minimum absolute atomic E-state index is 0.0970. The van der Waals surface area contributed by atoms with Crippen molar-refractivity contribution >= 4 is 41.0 Å². The molecule has 5 nitrogen and oxygen atoms in total. The van der Waals surface area contributed by atoms with Crippen LogP contribution in [0.2, 0.25) is 10.0 Å². The van der Waals surface area contributed by atoms with Gasteiger partial charge >= 0.3 is 5.97 Å². The van der Waals surface area contributed by atoms with Crippen molar-refractivity contribution in [2.75, 3.05) is 6.61 Å². The normalized spacial score (nSPS) is 15.4. The van der Waals surface area contributed by atoms with Gasteiger partial charge in [-0.3, -0.25) is 0 Å². The van der Waals surface area contributed by atoms with Crippen LogP contribution in [0.3, 0.4) is 0 Å². The van der Waals surface area contributed by atoms with Gasteiger partial charge in [0.2, 0.25) is 0 Å². The molecule has 0 spiro atoms. The average Bonchev–Trinajstić information content (AvgIpc) is 3.06. The molecule has 0 atom stereocenters. The number of esters is 1. The van der Waals surface area contributed by atoms with Crippen molar-refractivity contribution in [1.29, 1.82) is 0 Å². The van der Waals surface area contributed by atoms with Crippen molar-refractivity contribution in [3.8, 4) is 5.69 Å². The molecule has 0 fully saturated rings. The smallest absolute Gasteiger partial charge is 0.343 e. The molecule has 0 amide bonds. The number of hydrogen-bond acceptors (Lipinski definition) is 4. The highest BCUT2D eigenvalue weighted by atomic mass is 35.5. The monoisotopic (exact) mass is 418 g/mol. The molecule has 0 aliphatic carbocycles. The lowest BCUT2D eigenvalue weighted by Gasteiger charge is -2.12. The second kappa shape index (κ2) is 7.86. The van der Waals surface area contributed by atoms with Gasteiger partial charge in [-0.05, 0) is 63.6 Å². The molecule has 1 aromatic carbocycles. The first-order chi connectivity index (χ1) is 13.2. The number of aliphatic hydroxyl groups is 1. The second-order valence-electron chi connectivity index (χ2n) is 6.43. The molecule has 1 aliphatic rings. The maximum atomic E-state index is 12.1. The van der Waals surface area contributed by atoms with E-state index < -0.39 is 5.97 Å². The van der Waals surface area contributed by atoms with Crippen LogP contribution in [0.25, 0.3) is 11.8 Å². The molecule has 0 saturated carbocycles. The summed E-state index contributed by atoms with van der Waals surface area (Å²) in [6.45, 7) is 7.50. The molecular weight excluding hydrogens is 399 g/mol. The van der Waals surface area contributed by atoms with Gasteiger partial charge in [0.25, 0.3) is 0 Å². The Balaban J connectivity index is 2.08. The SMILES string of the molecule is CCOC(=O)C1=C(O)/C(=C/c2cc(C)n(-c3cc(Cl)ccc3Cl)c2C)N=C1C. The van der Waals surface area contributed by atoms with E-state index in [1.165, 1.54) is 0 Å². The zero-order valence-corrected chi connectivity index (χ0v) is 17.5. The predicted octanol–water partition coefficient (Wildman–Crippen LogP) is 5.59. The van der Waals surface area contributed by atoms with Crippen molar-refractivity contribution in [3.05, 3.63) is 68.3 Å². The lowest BCUT2D eigenvalue weighted by atomic mass is 10.1. The number of benzene rings is 1. The van der Waals surface area contributed by atoms with Gasteiger partial charge in [-0.1, -0.05) is 23.2 Å². The molecule has 2 heterocycles. The molecular formula is C21H20Cl2N2O3. The largest absolute Gasteiger partial charge is 0.505 e. The summed E-state index contributed by atoms with van der Waals surface area (Å²) in [4.78, 5) is 16.4. The van der Waals surface area contributed by atoms with Crippen LogP contribution in [0.4, 0.5) is 0 Å². The fourth-order valence-corrected chi connectivity index (χ4v) is 3.61. The van der Waals surface area contributed by atoms with Crippen LogP contribution in [0, 0.1) is 13.8 Å². The number of hydrogen-bond donors (Lipinski definition) is 1. The number of aryl methyl sites for hydroxylation is 1. The number of carbonyl (C=O) groups excluding carboxylic acids is 1. The van der Waals surface area contributed by atoms with E-state index in [1.807, 2.05) is 24.5 Å². The van der Waals surface area contributed by atoms with Crippen molar-refractivity contribution < 1.29 is 14.6 Å². The first kappa shape index (κ1) is 20.2. The highest BCUT2D eigenvalue weighted by Gasteiger charge is 2.28. The first-order valence-electron chi connectivity index (χ1n) is 8.77. The molecule has 1 aromatic heterocycles. The van der Waals surface area contributed by atoms with Crippen LogP contribution in [0.5, 0.6) is 0 Å². The average molecular weight is 419 g/mol. The number of aromatic nitrogens is 1. The maximum Gasteiger partial charge on any atom is 0.343 e. The minimum atomic E-state index is -0.583. The summed E-state index contributed by atoms with van der Waals surface area (Å²) in [5.41, 5.74) is 4.30. The number of carbonyl (C=O) groups is 1. The Bertz CT molecular complexity index is 1060. The third-order valence-corrected chi connectivity index (χ3v) is 5.08. The van der Waals surface area contributed by atoms with Gasteiger partial charge in [0.1, 0.15) is 11.3 Å². The molecule has 0 bridgehead atoms. The minimum Gasteiger partial charge on any atom is -0.505 e. The number of nitrogens with zero attached hydrogens (tertiary/aromatic N) is 2. The Kier molecular flexibility index (Phi) is 5.68. The summed E-state index contributed by atoms with van der Waals surface area (Å²) in [6.07, 6.45) is 1.74. The molecule has 1 N–H and O–H groups in total. The Hall–Kier alpha value is -2.50. The van der Waals surface area contributed by atoms with E-state index in [-0.39, 0.29) is 17.9 Å². The van der Waals surface area contributed by atoms with Crippen molar-refractivity contribution in [2.24, 2.45) is 4.99 Å². The fourth-order valence-electron chi connectivity index (χ4n) is 3.25. The topological polar surface area (TPSA) is 63.8 Å². The quantitative estimate of drug-likeness (QED) is 0.657. The summed E-state index contributed by atoms with van der Waals surface area (Å²) in [5, 5.41) is 11.7. The molecule has 0 radical (unpaired) electrons. The maximum absolute atomic E-state index is 12.1. The second-order valence-corrected chi connectivity index (χ2v) is 7.27. The standard InChI is InChI=1S/C21H20Cl2N2O3/c1-5-28-21(27)19-12(3)24-17(20(19)26)9-14-8-11(2)25(13(14)4)18-10-15(22)6-7-16(18)23/h6-10,26H,5H2,1-4H3/b17-9-.